The van der Waals surface area contributed by atoms with E-state index in [-0.39, 0.29) is 11.9 Å². The van der Waals surface area contributed by atoms with Crippen molar-refractivity contribution in [1.82, 2.24) is 25.2 Å². The van der Waals surface area contributed by atoms with Gasteiger partial charge in [-0.05, 0) is 67.7 Å². The van der Waals surface area contributed by atoms with Gasteiger partial charge in [0.25, 0.3) is 0 Å². The van der Waals surface area contributed by atoms with Crippen LogP contribution in [0.2, 0.25) is 0 Å². The number of hydrogen-bond donors (Lipinski definition) is 3. The molecule has 0 unspecified atom stereocenters. The number of nitrogens with one attached hydrogen (secondary N) is 3. The van der Waals surface area contributed by atoms with Crippen molar-refractivity contribution in [2.75, 3.05) is 37.6 Å². The first-order chi connectivity index (χ1) is 18.6. The Morgan fingerprint density at radius 2 is 1.89 bits per heavy atom. The third-order valence-corrected chi connectivity index (χ3v) is 7.70. The molecule has 3 aromatic rings. The van der Waals surface area contributed by atoms with Gasteiger partial charge in [0.1, 0.15) is 23.3 Å². The molecule has 2 aromatic heterocycles. The Labute approximate surface area is 222 Å². The first kappa shape index (κ1) is 24.8. The molecule has 3 saturated heterocycles. The average Bonchev–Trinajstić information content (AvgIpc) is 3.60. The summed E-state index contributed by atoms with van der Waals surface area (Å²) < 4.78 is 19.9. The molecule has 0 amide bonds. The Balaban J connectivity index is 1.08. The normalized spacial score (nSPS) is 20.8. The Kier molecular flexibility index (Phi) is 7.20. The second kappa shape index (κ2) is 11.0. The van der Waals surface area contributed by atoms with Gasteiger partial charge in [0.05, 0.1) is 35.8 Å². The second-order valence-electron chi connectivity index (χ2n) is 10.3. The van der Waals surface area contributed by atoms with Crippen molar-refractivity contribution >= 4 is 17.7 Å². The van der Waals surface area contributed by atoms with Crippen LogP contribution in [0.3, 0.4) is 0 Å². The highest BCUT2D eigenvalue weighted by Crippen LogP contribution is 2.32. The van der Waals surface area contributed by atoms with Crippen LogP contribution in [0.15, 0.2) is 54.7 Å². The van der Waals surface area contributed by atoms with E-state index in [4.69, 9.17) is 15.1 Å². The Morgan fingerprint density at radius 1 is 1.05 bits per heavy atom. The van der Waals surface area contributed by atoms with Crippen LogP contribution in [0.1, 0.15) is 43.1 Å². The number of halogens is 1. The van der Waals surface area contributed by atoms with E-state index in [9.17, 15) is 4.39 Å². The molecule has 3 aliphatic heterocycles. The predicted octanol–water partition coefficient (Wildman–Crippen LogP) is 4.40. The van der Waals surface area contributed by atoms with Crippen LogP contribution in [-0.2, 0) is 4.74 Å². The lowest BCUT2D eigenvalue weighted by molar-refractivity contribution is -0.0467. The van der Waals surface area contributed by atoms with E-state index in [1.807, 2.05) is 29.2 Å². The summed E-state index contributed by atoms with van der Waals surface area (Å²) in [5.74, 6) is 1.80. The van der Waals surface area contributed by atoms with Gasteiger partial charge in [0, 0.05) is 32.7 Å². The van der Waals surface area contributed by atoms with Crippen molar-refractivity contribution in [3.05, 3.63) is 71.9 Å². The van der Waals surface area contributed by atoms with Crippen LogP contribution in [0.25, 0.3) is 17.5 Å². The summed E-state index contributed by atoms with van der Waals surface area (Å²) in [5, 5.41) is 11.9. The Bertz CT molecular complexity index is 1300. The smallest absolute Gasteiger partial charge is 0.130 e. The minimum atomic E-state index is -0.238. The molecule has 9 heteroatoms. The molecule has 5 heterocycles. The van der Waals surface area contributed by atoms with E-state index < -0.39 is 0 Å². The number of amidine groups is 1. The molecule has 198 valence electrons. The Morgan fingerprint density at radius 3 is 2.68 bits per heavy atom. The highest BCUT2D eigenvalue weighted by Gasteiger charge is 2.28. The molecule has 3 aliphatic rings. The lowest BCUT2D eigenvalue weighted by Gasteiger charge is -2.37. The summed E-state index contributed by atoms with van der Waals surface area (Å²) in [5.41, 5.74) is 2.60. The number of nitrogens with zero attached hydrogens (tertiary/aromatic N) is 4. The van der Waals surface area contributed by atoms with E-state index >= 15 is 0 Å². The average molecular weight is 516 g/mol. The zero-order valence-corrected chi connectivity index (χ0v) is 21.4. The van der Waals surface area contributed by atoms with Crippen LogP contribution >= 0.6 is 0 Å². The van der Waals surface area contributed by atoms with E-state index in [1.54, 1.807) is 24.4 Å². The van der Waals surface area contributed by atoms with Crippen LogP contribution in [0, 0.1) is 11.2 Å². The van der Waals surface area contributed by atoms with Gasteiger partial charge in [0.2, 0.25) is 0 Å². The number of imidazole rings is 1. The van der Waals surface area contributed by atoms with Gasteiger partial charge in [-0.25, -0.2) is 14.4 Å². The Hall–Kier alpha value is -3.56. The summed E-state index contributed by atoms with van der Waals surface area (Å²) in [6.07, 6.45) is 10.0. The fourth-order valence-corrected chi connectivity index (χ4v) is 5.52. The minimum absolute atomic E-state index is 0.0220. The number of piperidine rings is 1. The number of H-pyrrole nitrogens is 1. The number of hydrogen-bond acceptors (Lipinski definition) is 6. The topological polar surface area (TPSA) is 93.2 Å². The lowest BCUT2D eigenvalue weighted by atomic mass is 10.0. The third kappa shape index (κ3) is 5.49. The molecule has 1 aromatic carbocycles. The van der Waals surface area contributed by atoms with Crippen molar-refractivity contribution in [3.63, 3.8) is 0 Å². The fourth-order valence-electron chi connectivity index (χ4n) is 5.52. The molecule has 0 bridgehead atoms. The standard InChI is InChI=1S/C29H34FN7O/c30-21-5-1-4-20(16-21)26-7-3-13-37(26)27(31)9-10-28-33-19-25(34-28)24-6-2-8-29(35-24)36-14-11-22(12-15-36)38-23-17-32-18-23/h1-2,4-6,8-10,16,19,22-23,26,31-32H,3,7,11-15,17-18H2,(H,33,34)/b10-9-,31-27?/t26-/m1/s1. The van der Waals surface area contributed by atoms with Gasteiger partial charge in [-0.3, -0.25) is 5.41 Å². The van der Waals surface area contributed by atoms with E-state index in [0.29, 0.717) is 23.9 Å². The molecular weight excluding hydrogens is 481 g/mol. The van der Waals surface area contributed by atoms with Crippen LogP contribution in [0.5, 0.6) is 0 Å². The molecule has 0 radical (unpaired) electrons. The molecule has 3 fully saturated rings. The molecule has 6 rings (SSSR count). The van der Waals surface area contributed by atoms with Gasteiger partial charge in [-0.2, -0.15) is 0 Å². The van der Waals surface area contributed by atoms with Crippen molar-refractivity contribution in [2.45, 2.75) is 43.9 Å². The SMILES string of the molecule is N=C(/C=C\c1ncc(-c2cccc(N3CCC(OC4CNC4)CC3)n2)[nH]1)N1CCC[C@@H]1c1cccc(F)c1. The van der Waals surface area contributed by atoms with Gasteiger partial charge in [-0.1, -0.05) is 18.2 Å². The number of pyridine rings is 1. The second-order valence-corrected chi connectivity index (χ2v) is 10.3. The molecular formula is C29H34FN7O. The molecule has 0 spiro atoms. The van der Waals surface area contributed by atoms with E-state index in [0.717, 1.165) is 81.2 Å². The fraction of sp³-hybridized carbons (Fsp3) is 0.414. The third-order valence-electron chi connectivity index (χ3n) is 7.70. The zero-order chi connectivity index (χ0) is 25.9. The molecule has 38 heavy (non-hydrogen) atoms. The number of likely N-dealkylation sites (tertiary alicyclic amines) is 1. The summed E-state index contributed by atoms with van der Waals surface area (Å²) in [4.78, 5) is 17.1. The largest absolute Gasteiger partial charge is 0.372 e. The number of rotatable bonds is 7. The number of aromatic nitrogens is 3. The molecule has 0 aliphatic carbocycles. The first-order valence-corrected chi connectivity index (χ1v) is 13.5. The summed E-state index contributed by atoms with van der Waals surface area (Å²) >= 11 is 0. The molecule has 1 atom stereocenters. The van der Waals surface area contributed by atoms with Crippen molar-refractivity contribution in [1.29, 1.82) is 5.41 Å². The minimum Gasteiger partial charge on any atom is -0.372 e. The number of aromatic amines is 1. The van der Waals surface area contributed by atoms with Gasteiger partial charge in [0.15, 0.2) is 0 Å². The van der Waals surface area contributed by atoms with E-state index in [2.05, 4.69) is 26.3 Å². The maximum Gasteiger partial charge on any atom is 0.130 e. The van der Waals surface area contributed by atoms with Crippen molar-refractivity contribution in [3.8, 4) is 11.4 Å². The van der Waals surface area contributed by atoms with Crippen LogP contribution in [0.4, 0.5) is 10.2 Å². The number of benzene rings is 1. The maximum atomic E-state index is 13.7. The highest BCUT2D eigenvalue weighted by molar-refractivity contribution is 5.94. The molecule has 8 nitrogen and oxygen atoms in total. The highest BCUT2D eigenvalue weighted by atomic mass is 19.1. The predicted molar refractivity (Wildman–Crippen MR) is 147 cm³/mol. The van der Waals surface area contributed by atoms with Gasteiger partial charge >= 0.3 is 0 Å². The van der Waals surface area contributed by atoms with E-state index in [1.165, 1.54) is 6.07 Å². The number of anilines is 1. The summed E-state index contributed by atoms with van der Waals surface area (Å²) in [6.45, 7) is 4.60. The quantitative estimate of drug-likeness (QED) is 0.319. The van der Waals surface area contributed by atoms with Gasteiger partial charge < -0.3 is 24.8 Å². The molecule has 0 saturated carbocycles. The maximum absolute atomic E-state index is 13.7. The summed E-state index contributed by atoms with van der Waals surface area (Å²) in [6, 6.07) is 12.8. The monoisotopic (exact) mass is 515 g/mol. The van der Waals surface area contributed by atoms with Crippen molar-refractivity contribution in [2.24, 2.45) is 0 Å². The summed E-state index contributed by atoms with van der Waals surface area (Å²) in [7, 11) is 0. The zero-order valence-electron chi connectivity index (χ0n) is 21.4. The molecule has 3 N–H and O–H groups in total. The lowest BCUT2D eigenvalue weighted by Crippen LogP contribution is -2.51. The first-order valence-electron chi connectivity index (χ1n) is 13.5. The van der Waals surface area contributed by atoms with Crippen molar-refractivity contribution < 1.29 is 9.13 Å². The number of ether oxygens (including phenoxy) is 1. The van der Waals surface area contributed by atoms with Crippen LogP contribution < -0.4 is 10.2 Å². The van der Waals surface area contributed by atoms with Gasteiger partial charge in [-0.15, -0.1) is 0 Å². The van der Waals surface area contributed by atoms with Crippen LogP contribution in [-0.4, -0.2) is 70.6 Å².